The second-order valence-electron chi connectivity index (χ2n) is 4.10. The average Bonchev–Trinajstić information content (AvgIpc) is 2.42. The highest BCUT2D eigenvalue weighted by Gasteiger charge is 2.04. The standard InChI is InChI=1S/C13H15BrN4O/c14-11-12(17-8-18-13(11)19)16-7-10-3-1-9(2-4-10)5-6-15/h1-4,8H,5-7,15H2,(H2,16,17,18,19). The topological polar surface area (TPSA) is 83.8 Å². The number of rotatable bonds is 5. The van der Waals surface area contributed by atoms with Crippen LogP contribution in [-0.2, 0) is 13.0 Å². The largest absolute Gasteiger partial charge is 0.365 e. The summed E-state index contributed by atoms with van der Waals surface area (Å²) in [7, 11) is 0. The van der Waals surface area contributed by atoms with Crippen LogP contribution in [0.2, 0.25) is 0 Å². The minimum Gasteiger partial charge on any atom is -0.365 e. The summed E-state index contributed by atoms with van der Waals surface area (Å²) in [5.41, 5.74) is 7.65. The maximum atomic E-state index is 11.4. The third kappa shape index (κ3) is 3.65. The van der Waals surface area contributed by atoms with Gasteiger partial charge < -0.3 is 16.0 Å². The molecule has 5 nitrogen and oxygen atoms in total. The van der Waals surface area contributed by atoms with Gasteiger partial charge in [-0.2, -0.15) is 0 Å². The van der Waals surface area contributed by atoms with E-state index >= 15 is 0 Å². The van der Waals surface area contributed by atoms with Crippen LogP contribution in [0.3, 0.4) is 0 Å². The number of benzene rings is 1. The Labute approximate surface area is 119 Å². The summed E-state index contributed by atoms with van der Waals surface area (Å²) in [6, 6.07) is 8.20. The van der Waals surface area contributed by atoms with Gasteiger partial charge in [0.05, 0.1) is 6.33 Å². The van der Waals surface area contributed by atoms with Crippen LogP contribution in [0.5, 0.6) is 0 Å². The van der Waals surface area contributed by atoms with Gasteiger partial charge in [-0.05, 0) is 40.0 Å². The molecule has 0 unspecified atom stereocenters. The molecule has 0 radical (unpaired) electrons. The highest BCUT2D eigenvalue weighted by atomic mass is 79.9. The zero-order valence-corrected chi connectivity index (χ0v) is 11.9. The number of nitrogens with two attached hydrogens (primary N) is 1. The summed E-state index contributed by atoms with van der Waals surface area (Å²) in [6.45, 7) is 1.26. The van der Waals surface area contributed by atoms with Gasteiger partial charge in [0.2, 0.25) is 0 Å². The van der Waals surface area contributed by atoms with Crippen molar-refractivity contribution in [1.29, 1.82) is 0 Å². The van der Waals surface area contributed by atoms with Gasteiger partial charge >= 0.3 is 0 Å². The smallest absolute Gasteiger partial charge is 0.267 e. The molecule has 0 saturated carbocycles. The molecular formula is C13H15BrN4O. The fraction of sp³-hybridized carbons (Fsp3) is 0.231. The fourth-order valence-corrected chi connectivity index (χ4v) is 2.04. The van der Waals surface area contributed by atoms with Crippen LogP contribution >= 0.6 is 15.9 Å². The van der Waals surface area contributed by atoms with Gasteiger partial charge in [0.25, 0.3) is 5.56 Å². The lowest BCUT2D eigenvalue weighted by molar-refractivity contribution is 0.965. The summed E-state index contributed by atoms with van der Waals surface area (Å²) in [5, 5.41) is 3.12. The van der Waals surface area contributed by atoms with Crippen molar-refractivity contribution in [2.45, 2.75) is 13.0 Å². The maximum Gasteiger partial charge on any atom is 0.267 e. The first-order valence-electron chi connectivity index (χ1n) is 5.95. The van der Waals surface area contributed by atoms with Crippen LogP contribution in [0.25, 0.3) is 0 Å². The van der Waals surface area contributed by atoms with Gasteiger partial charge in [0.15, 0.2) is 0 Å². The number of hydrogen-bond donors (Lipinski definition) is 3. The van der Waals surface area contributed by atoms with E-state index < -0.39 is 0 Å². The van der Waals surface area contributed by atoms with Crippen LogP contribution in [-0.4, -0.2) is 16.5 Å². The lowest BCUT2D eigenvalue weighted by Crippen LogP contribution is -2.12. The van der Waals surface area contributed by atoms with Gasteiger partial charge in [-0.3, -0.25) is 4.79 Å². The van der Waals surface area contributed by atoms with Crippen LogP contribution in [0, 0.1) is 0 Å². The number of nitrogens with one attached hydrogen (secondary N) is 2. The Morgan fingerprint density at radius 3 is 2.63 bits per heavy atom. The van der Waals surface area contributed by atoms with Crippen LogP contribution in [0.1, 0.15) is 11.1 Å². The molecule has 0 aliphatic carbocycles. The van der Waals surface area contributed by atoms with Crippen molar-refractivity contribution < 1.29 is 0 Å². The number of H-pyrrole nitrogens is 1. The zero-order chi connectivity index (χ0) is 13.7. The average molecular weight is 323 g/mol. The predicted molar refractivity (Wildman–Crippen MR) is 79.1 cm³/mol. The summed E-state index contributed by atoms with van der Waals surface area (Å²) in [4.78, 5) is 17.9. The van der Waals surface area contributed by atoms with Crippen molar-refractivity contribution >= 4 is 21.7 Å². The summed E-state index contributed by atoms with van der Waals surface area (Å²) < 4.78 is 0.412. The number of hydrogen-bond acceptors (Lipinski definition) is 4. The third-order valence-electron chi connectivity index (χ3n) is 2.71. The molecule has 0 aliphatic heterocycles. The van der Waals surface area contributed by atoms with E-state index in [4.69, 9.17) is 5.73 Å². The molecule has 0 amide bonds. The van der Waals surface area contributed by atoms with Gasteiger partial charge in [-0.1, -0.05) is 24.3 Å². The second kappa shape index (κ2) is 6.49. The number of aromatic amines is 1. The van der Waals surface area contributed by atoms with E-state index in [9.17, 15) is 4.79 Å². The van der Waals surface area contributed by atoms with Crippen molar-refractivity contribution in [3.63, 3.8) is 0 Å². The lowest BCUT2D eigenvalue weighted by atomic mass is 10.1. The molecule has 4 N–H and O–H groups in total. The van der Waals surface area contributed by atoms with Gasteiger partial charge in [0.1, 0.15) is 10.3 Å². The molecule has 0 fully saturated rings. The van der Waals surface area contributed by atoms with Crippen LogP contribution in [0.4, 0.5) is 5.82 Å². The highest BCUT2D eigenvalue weighted by Crippen LogP contribution is 2.14. The third-order valence-corrected chi connectivity index (χ3v) is 3.45. The first-order chi connectivity index (χ1) is 9.20. The first-order valence-corrected chi connectivity index (χ1v) is 6.75. The van der Waals surface area contributed by atoms with Gasteiger partial charge in [-0.15, -0.1) is 0 Å². The van der Waals surface area contributed by atoms with E-state index in [-0.39, 0.29) is 5.56 Å². The Balaban J connectivity index is 2.02. The Hall–Kier alpha value is -1.66. The molecule has 2 aromatic rings. The number of aromatic nitrogens is 2. The van der Waals surface area contributed by atoms with Crippen molar-refractivity contribution in [1.82, 2.24) is 9.97 Å². The SMILES string of the molecule is NCCc1ccc(CNc2nc[nH]c(=O)c2Br)cc1. The number of nitrogens with zero attached hydrogens (tertiary/aromatic N) is 1. The molecule has 19 heavy (non-hydrogen) atoms. The minimum atomic E-state index is -0.198. The molecule has 2 rings (SSSR count). The molecule has 0 spiro atoms. The van der Waals surface area contributed by atoms with E-state index in [0.717, 1.165) is 12.0 Å². The van der Waals surface area contributed by atoms with Gasteiger partial charge in [0, 0.05) is 6.54 Å². The number of anilines is 1. The second-order valence-corrected chi connectivity index (χ2v) is 4.90. The minimum absolute atomic E-state index is 0.198. The molecule has 0 bridgehead atoms. The molecule has 1 aromatic heterocycles. The highest BCUT2D eigenvalue weighted by molar-refractivity contribution is 9.10. The van der Waals surface area contributed by atoms with Crippen molar-refractivity contribution in [3.05, 3.63) is 56.5 Å². The molecular weight excluding hydrogens is 308 g/mol. The van der Waals surface area contributed by atoms with Crippen molar-refractivity contribution in [2.24, 2.45) is 5.73 Å². The monoisotopic (exact) mass is 322 g/mol. The normalized spacial score (nSPS) is 10.4. The molecule has 1 aromatic carbocycles. The van der Waals surface area contributed by atoms with E-state index in [0.29, 0.717) is 23.4 Å². The summed E-state index contributed by atoms with van der Waals surface area (Å²) in [6.07, 6.45) is 2.26. The summed E-state index contributed by atoms with van der Waals surface area (Å²) in [5.74, 6) is 0.537. The Kier molecular flexibility index (Phi) is 4.70. The van der Waals surface area contributed by atoms with Crippen LogP contribution < -0.4 is 16.6 Å². The Morgan fingerprint density at radius 2 is 1.95 bits per heavy atom. The molecule has 0 saturated heterocycles. The van der Waals surface area contributed by atoms with Crippen molar-refractivity contribution in [2.75, 3.05) is 11.9 Å². The molecule has 100 valence electrons. The predicted octanol–water partition coefficient (Wildman–Crippen LogP) is 1.65. The van der Waals surface area contributed by atoms with Crippen molar-refractivity contribution in [3.8, 4) is 0 Å². The van der Waals surface area contributed by atoms with E-state index in [1.807, 2.05) is 12.1 Å². The van der Waals surface area contributed by atoms with Crippen LogP contribution in [0.15, 0.2) is 39.9 Å². The van der Waals surface area contributed by atoms with E-state index in [2.05, 4.69) is 43.3 Å². The fourth-order valence-electron chi connectivity index (χ4n) is 1.68. The Bertz CT molecular complexity index is 594. The lowest BCUT2D eigenvalue weighted by Gasteiger charge is -2.07. The first kappa shape index (κ1) is 13.8. The zero-order valence-electron chi connectivity index (χ0n) is 10.3. The molecule has 0 aliphatic rings. The summed E-state index contributed by atoms with van der Waals surface area (Å²) >= 11 is 3.20. The molecule has 1 heterocycles. The number of halogens is 1. The maximum absolute atomic E-state index is 11.4. The van der Waals surface area contributed by atoms with Gasteiger partial charge in [-0.25, -0.2) is 4.98 Å². The molecule has 6 heteroatoms. The molecule has 0 atom stereocenters. The van der Waals surface area contributed by atoms with E-state index in [1.54, 1.807) is 0 Å². The van der Waals surface area contributed by atoms with E-state index in [1.165, 1.54) is 11.9 Å². The Morgan fingerprint density at radius 1 is 1.26 bits per heavy atom. The quantitative estimate of drug-likeness (QED) is 0.781.